The van der Waals surface area contributed by atoms with E-state index in [2.05, 4.69) is 10.6 Å². The van der Waals surface area contributed by atoms with E-state index >= 15 is 0 Å². The van der Waals surface area contributed by atoms with Gasteiger partial charge in [-0.05, 0) is 36.7 Å². The molecule has 1 aliphatic heterocycles. The average Bonchev–Trinajstić information content (AvgIpc) is 3.26. The second-order valence-corrected chi connectivity index (χ2v) is 7.66. The van der Waals surface area contributed by atoms with Gasteiger partial charge in [-0.3, -0.25) is 14.5 Å². The van der Waals surface area contributed by atoms with Gasteiger partial charge in [0.2, 0.25) is 5.91 Å². The fourth-order valence-corrected chi connectivity index (χ4v) is 4.18. The first kappa shape index (κ1) is 16.7. The molecule has 2 aromatic rings. The lowest BCUT2D eigenvalue weighted by atomic mass is 10.0. The van der Waals surface area contributed by atoms with E-state index in [9.17, 15) is 14.4 Å². The van der Waals surface area contributed by atoms with Crippen molar-refractivity contribution in [2.75, 3.05) is 6.54 Å². The number of nitrogens with one attached hydrogen (secondary N) is 2. The molecule has 3 rings (SSSR count). The smallest absolute Gasteiger partial charge is 0.325 e. The predicted molar refractivity (Wildman–Crippen MR) is 92.8 cm³/mol. The van der Waals surface area contributed by atoms with Gasteiger partial charge in [0.1, 0.15) is 6.54 Å². The Kier molecular flexibility index (Phi) is 4.42. The molecule has 0 radical (unpaired) electrons. The second-order valence-electron chi connectivity index (χ2n) is 5.73. The first-order valence-electron chi connectivity index (χ1n) is 7.42. The molecule has 3 heterocycles. The minimum Gasteiger partial charge on any atom is -0.347 e. The summed E-state index contributed by atoms with van der Waals surface area (Å²) in [4.78, 5) is 39.8. The highest BCUT2D eigenvalue weighted by Gasteiger charge is 2.50. The van der Waals surface area contributed by atoms with Crippen molar-refractivity contribution in [3.05, 3.63) is 44.8 Å². The Morgan fingerprint density at radius 3 is 2.62 bits per heavy atom. The van der Waals surface area contributed by atoms with E-state index in [4.69, 9.17) is 0 Å². The van der Waals surface area contributed by atoms with Crippen molar-refractivity contribution in [3.8, 4) is 0 Å². The molecule has 8 heteroatoms. The summed E-state index contributed by atoms with van der Waals surface area (Å²) < 4.78 is 0. The Morgan fingerprint density at radius 2 is 2.00 bits per heavy atom. The number of imide groups is 1. The Bertz CT molecular complexity index is 758. The number of nitrogens with zero attached hydrogens (tertiary/aromatic N) is 1. The molecule has 0 aliphatic carbocycles. The number of hydrogen-bond acceptors (Lipinski definition) is 5. The van der Waals surface area contributed by atoms with Gasteiger partial charge >= 0.3 is 6.03 Å². The summed E-state index contributed by atoms with van der Waals surface area (Å²) in [6.45, 7) is 3.23. The number of thiophene rings is 2. The largest absolute Gasteiger partial charge is 0.347 e. The summed E-state index contributed by atoms with van der Waals surface area (Å²) in [7, 11) is 0. The third-order valence-electron chi connectivity index (χ3n) is 3.94. The highest BCUT2D eigenvalue weighted by atomic mass is 32.1. The summed E-state index contributed by atoms with van der Waals surface area (Å²) in [6.07, 6.45) is 0. The second kappa shape index (κ2) is 6.37. The van der Waals surface area contributed by atoms with E-state index in [1.807, 2.05) is 35.9 Å². The van der Waals surface area contributed by atoms with Crippen molar-refractivity contribution in [2.24, 2.45) is 0 Å². The van der Waals surface area contributed by atoms with E-state index < -0.39 is 17.5 Å². The minimum absolute atomic E-state index is 0.165. The Balaban J connectivity index is 1.68. The molecule has 1 fully saturated rings. The van der Waals surface area contributed by atoms with Gasteiger partial charge in [0, 0.05) is 9.75 Å². The molecule has 2 aromatic heterocycles. The molecule has 0 saturated carbocycles. The molecule has 0 aromatic carbocycles. The molecule has 2 unspecified atom stereocenters. The minimum atomic E-state index is -1.11. The lowest BCUT2D eigenvalue weighted by Gasteiger charge is -2.20. The molecule has 1 saturated heterocycles. The molecule has 1 aliphatic rings. The SMILES string of the molecule is CC(NC(=O)CN1C(=O)NC(C)(c2cccs2)C1=O)c1cccs1. The predicted octanol–water partition coefficient (Wildman–Crippen LogP) is 2.45. The number of hydrogen-bond donors (Lipinski definition) is 2. The molecular formula is C16H17N3O3S2. The van der Waals surface area contributed by atoms with Crippen molar-refractivity contribution in [1.29, 1.82) is 0 Å². The van der Waals surface area contributed by atoms with Crippen molar-refractivity contribution < 1.29 is 14.4 Å². The van der Waals surface area contributed by atoms with Gasteiger partial charge in [-0.2, -0.15) is 0 Å². The summed E-state index contributed by atoms with van der Waals surface area (Å²) in [5.41, 5.74) is -1.11. The van der Waals surface area contributed by atoms with Crippen molar-refractivity contribution >= 4 is 40.5 Å². The molecule has 2 N–H and O–H groups in total. The van der Waals surface area contributed by atoms with Crippen molar-refractivity contribution in [1.82, 2.24) is 15.5 Å². The molecule has 6 nitrogen and oxygen atoms in total. The Labute approximate surface area is 147 Å². The molecule has 4 amide bonds. The van der Waals surface area contributed by atoms with Gasteiger partial charge in [0.15, 0.2) is 5.54 Å². The van der Waals surface area contributed by atoms with Crippen LogP contribution in [0.15, 0.2) is 35.0 Å². The molecule has 126 valence electrons. The fourth-order valence-electron chi connectivity index (χ4n) is 2.61. The normalized spacial score (nSPS) is 21.7. The van der Waals surface area contributed by atoms with Gasteiger partial charge in [0.25, 0.3) is 5.91 Å². The van der Waals surface area contributed by atoms with Crippen LogP contribution in [-0.4, -0.2) is 29.3 Å². The summed E-state index contributed by atoms with van der Waals surface area (Å²) in [5.74, 6) is -0.774. The van der Waals surface area contributed by atoms with Gasteiger partial charge in [-0.25, -0.2) is 4.79 Å². The van der Waals surface area contributed by atoms with Crippen LogP contribution in [0.25, 0.3) is 0 Å². The van der Waals surface area contributed by atoms with Gasteiger partial charge in [0.05, 0.1) is 6.04 Å². The average molecular weight is 363 g/mol. The van der Waals surface area contributed by atoms with Crippen molar-refractivity contribution in [2.45, 2.75) is 25.4 Å². The number of amides is 4. The quantitative estimate of drug-likeness (QED) is 0.801. The summed E-state index contributed by atoms with van der Waals surface area (Å²) in [6, 6.07) is 6.74. The lowest BCUT2D eigenvalue weighted by Crippen LogP contribution is -2.43. The van der Waals surface area contributed by atoms with Crippen molar-refractivity contribution in [3.63, 3.8) is 0 Å². The van der Waals surface area contributed by atoms with Crippen LogP contribution in [0, 0.1) is 0 Å². The maximum absolute atomic E-state index is 12.7. The van der Waals surface area contributed by atoms with E-state index in [0.717, 1.165) is 14.7 Å². The van der Waals surface area contributed by atoms with Gasteiger partial charge in [-0.15, -0.1) is 22.7 Å². The first-order chi connectivity index (χ1) is 11.4. The standard InChI is InChI=1S/C16H17N3O3S2/c1-10(11-5-3-7-23-11)17-13(20)9-19-14(21)16(2,18-15(19)22)12-6-4-8-24-12/h3-8,10H,9H2,1-2H3,(H,17,20)(H,18,22). The maximum Gasteiger partial charge on any atom is 0.325 e. The molecular weight excluding hydrogens is 346 g/mol. The monoisotopic (exact) mass is 363 g/mol. The molecule has 0 bridgehead atoms. The lowest BCUT2D eigenvalue weighted by molar-refractivity contribution is -0.134. The van der Waals surface area contributed by atoms with E-state index in [-0.39, 0.29) is 18.5 Å². The topological polar surface area (TPSA) is 78.5 Å². The molecule has 2 atom stereocenters. The number of carbonyl (C=O) groups excluding carboxylic acids is 3. The third-order valence-corrected chi connectivity index (χ3v) is 6.08. The van der Waals surface area contributed by atoms with E-state index in [1.165, 1.54) is 11.3 Å². The van der Waals surface area contributed by atoms with Crippen LogP contribution >= 0.6 is 22.7 Å². The fraction of sp³-hybridized carbons (Fsp3) is 0.312. The summed E-state index contributed by atoms with van der Waals surface area (Å²) >= 11 is 2.93. The zero-order valence-electron chi connectivity index (χ0n) is 13.2. The van der Waals surface area contributed by atoms with Crippen LogP contribution in [-0.2, 0) is 15.1 Å². The van der Waals surface area contributed by atoms with Crippen LogP contribution in [0.1, 0.15) is 29.6 Å². The molecule has 0 spiro atoms. The third kappa shape index (κ3) is 2.94. The Morgan fingerprint density at radius 1 is 1.29 bits per heavy atom. The maximum atomic E-state index is 12.7. The van der Waals surface area contributed by atoms with E-state index in [0.29, 0.717) is 0 Å². The highest BCUT2D eigenvalue weighted by molar-refractivity contribution is 7.10. The first-order valence-corrected chi connectivity index (χ1v) is 9.18. The highest BCUT2D eigenvalue weighted by Crippen LogP contribution is 2.31. The Hall–Kier alpha value is -2.19. The van der Waals surface area contributed by atoms with E-state index in [1.54, 1.807) is 24.3 Å². The number of urea groups is 1. The molecule has 24 heavy (non-hydrogen) atoms. The van der Waals surface area contributed by atoms with Crippen LogP contribution < -0.4 is 10.6 Å². The summed E-state index contributed by atoms with van der Waals surface area (Å²) in [5, 5.41) is 9.28. The van der Waals surface area contributed by atoms with Gasteiger partial charge < -0.3 is 10.6 Å². The number of rotatable bonds is 5. The zero-order valence-corrected chi connectivity index (χ0v) is 14.9. The van der Waals surface area contributed by atoms with Crippen LogP contribution in [0.4, 0.5) is 4.79 Å². The van der Waals surface area contributed by atoms with Crippen LogP contribution in [0.3, 0.4) is 0 Å². The van der Waals surface area contributed by atoms with Crippen LogP contribution in [0.5, 0.6) is 0 Å². The van der Waals surface area contributed by atoms with Gasteiger partial charge in [-0.1, -0.05) is 12.1 Å². The zero-order chi connectivity index (χ0) is 17.3. The van der Waals surface area contributed by atoms with Crippen LogP contribution in [0.2, 0.25) is 0 Å². The number of carbonyl (C=O) groups is 3.